The van der Waals surface area contributed by atoms with Crippen molar-refractivity contribution in [2.24, 2.45) is 0 Å². The van der Waals surface area contributed by atoms with Gasteiger partial charge in [-0.25, -0.2) is 9.97 Å². The lowest BCUT2D eigenvalue weighted by atomic mass is 10.1. The Morgan fingerprint density at radius 1 is 1.26 bits per heavy atom. The Bertz CT molecular complexity index is 414. The van der Waals surface area contributed by atoms with E-state index in [1.807, 2.05) is 0 Å². The average Bonchev–Trinajstić information content (AvgIpc) is 3.24. The van der Waals surface area contributed by atoms with Gasteiger partial charge < -0.3 is 5.32 Å². The maximum Gasteiger partial charge on any atom is 0.142 e. The van der Waals surface area contributed by atoms with Gasteiger partial charge in [-0.05, 0) is 24.8 Å². The predicted octanol–water partition coefficient (Wildman–Crippen LogP) is 1.88. The van der Waals surface area contributed by atoms with Crippen molar-refractivity contribution in [1.82, 2.24) is 20.2 Å². The van der Waals surface area contributed by atoms with Gasteiger partial charge in [-0.1, -0.05) is 13.8 Å². The molecular formula is C15H24N4. The Morgan fingerprint density at radius 2 is 2.00 bits per heavy atom. The molecule has 19 heavy (non-hydrogen) atoms. The first-order valence-electron chi connectivity index (χ1n) is 7.53. The van der Waals surface area contributed by atoms with Crippen molar-refractivity contribution < 1.29 is 0 Å². The number of hydrogen-bond acceptors (Lipinski definition) is 4. The minimum Gasteiger partial charge on any atom is -0.314 e. The molecule has 1 saturated heterocycles. The molecule has 1 aliphatic heterocycles. The van der Waals surface area contributed by atoms with E-state index in [2.05, 4.69) is 30.1 Å². The van der Waals surface area contributed by atoms with Crippen molar-refractivity contribution >= 4 is 0 Å². The van der Waals surface area contributed by atoms with Crippen LogP contribution in [0.2, 0.25) is 0 Å². The molecule has 2 heterocycles. The molecule has 0 amide bonds. The molecule has 1 aromatic heterocycles. The largest absolute Gasteiger partial charge is 0.314 e. The number of nitrogens with zero attached hydrogens (tertiary/aromatic N) is 3. The van der Waals surface area contributed by atoms with Crippen LogP contribution in [0.15, 0.2) is 6.07 Å². The van der Waals surface area contributed by atoms with Crippen LogP contribution in [0.5, 0.6) is 0 Å². The second-order valence-electron chi connectivity index (χ2n) is 6.09. The van der Waals surface area contributed by atoms with Gasteiger partial charge in [0.15, 0.2) is 0 Å². The van der Waals surface area contributed by atoms with Crippen LogP contribution in [0.4, 0.5) is 0 Å². The van der Waals surface area contributed by atoms with Crippen molar-refractivity contribution in [3.63, 3.8) is 0 Å². The third-order valence-electron chi connectivity index (χ3n) is 3.97. The summed E-state index contributed by atoms with van der Waals surface area (Å²) in [6.07, 6.45) is 2.61. The summed E-state index contributed by atoms with van der Waals surface area (Å²) in [5, 5.41) is 3.39. The minimum atomic E-state index is 0.488. The molecule has 1 saturated carbocycles. The van der Waals surface area contributed by atoms with E-state index in [0.717, 1.165) is 38.5 Å². The van der Waals surface area contributed by atoms with Gasteiger partial charge in [-0.15, -0.1) is 0 Å². The van der Waals surface area contributed by atoms with Gasteiger partial charge in [-0.3, -0.25) is 4.90 Å². The second-order valence-corrected chi connectivity index (χ2v) is 6.09. The zero-order valence-electron chi connectivity index (χ0n) is 12.0. The summed E-state index contributed by atoms with van der Waals surface area (Å²) in [6.45, 7) is 9.71. The maximum absolute atomic E-state index is 4.80. The summed E-state index contributed by atoms with van der Waals surface area (Å²) in [5.41, 5.74) is 2.49. The molecule has 104 valence electrons. The molecule has 1 aliphatic carbocycles. The summed E-state index contributed by atoms with van der Waals surface area (Å²) in [7, 11) is 0. The topological polar surface area (TPSA) is 41.1 Å². The van der Waals surface area contributed by atoms with E-state index < -0.39 is 0 Å². The first-order valence-corrected chi connectivity index (χ1v) is 7.53. The predicted molar refractivity (Wildman–Crippen MR) is 76.2 cm³/mol. The number of aromatic nitrogens is 2. The van der Waals surface area contributed by atoms with Gasteiger partial charge in [0, 0.05) is 43.5 Å². The fraction of sp³-hybridized carbons (Fsp3) is 0.733. The summed E-state index contributed by atoms with van der Waals surface area (Å²) < 4.78 is 0. The lowest BCUT2D eigenvalue weighted by Gasteiger charge is -2.26. The highest BCUT2D eigenvalue weighted by Crippen LogP contribution is 2.39. The van der Waals surface area contributed by atoms with Gasteiger partial charge in [-0.2, -0.15) is 0 Å². The van der Waals surface area contributed by atoms with Gasteiger partial charge in [0.05, 0.1) is 6.54 Å². The third-order valence-corrected chi connectivity index (χ3v) is 3.97. The summed E-state index contributed by atoms with van der Waals surface area (Å²) in [5.74, 6) is 2.22. The van der Waals surface area contributed by atoms with Crippen molar-refractivity contribution in [2.45, 2.75) is 45.1 Å². The summed E-state index contributed by atoms with van der Waals surface area (Å²) >= 11 is 0. The molecule has 0 radical (unpaired) electrons. The van der Waals surface area contributed by atoms with Crippen LogP contribution in [-0.4, -0.2) is 41.0 Å². The highest BCUT2D eigenvalue weighted by Gasteiger charge is 2.26. The summed E-state index contributed by atoms with van der Waals surface area (Å²) in [6, 6.07) is 2.23. The van der Waals surface area contributed by atoms with Gasteiger partial charge in [0.2, 0.25) is 0 Å². The van der Waals surface area contributed by atoms with Crippen molar-refractivity contribution in [3.05, 3.63) is 23.3 Å². The first-order chi connectivity index (χ1) is 9.22. The molecule has 1 N–H and O–H groups in total. The van der Waals surface area contributed by atoms with E-state index in [9.17, 15) is 0 Å². The van der Waals surface area contributed by atoms with Crippen molar-refractivity contribution in [3.8, 4) is 0 Å². The Balaban J connectivity index is 1.78. The number of rotatable bonds is 4. The molecule has 0 atom stereocenters. The van der Waals surface area contributed by atoms with Crippen LogP contribution in [-0.2, 0) is 6.54 Å². The maximum atomic E-state index is 4.80. The Labute approximate surface area is 115 Å². The molecule has 0 bridgehead atoms. The molecular weight excluding hydrogens is 236 g/mol. The normalized spacial score (nSPS) is 21.0. The molecule has 0 unspecified atom stereocenters. The molecule has 4 nitrogen and oxygen atoms in total. The zero-order chi connectivity index (χ0) is 13.2. The number of nitrogens with one attached hydrogen (secondary N) is 1. The third kappa shape index (κ3) is 3.31. The number of piperazine rings is 1. The fourth-order valence-electron chi connectivity index (χ4n) is 2.56. The Kier molecular flexibility index (Phi) is 3.80. The van der Waals surface area contributed by atoms with Crippen LogP contribution >= 0.6 is 0 Å². The molecule has 3 rings (SSSR count). The SMILES string of the molecule is CC(C)c1cc(C2CC2)nc(CN2CCNCC2)n1. The molecule has 0 spiro atoms. The molecule has 1 aromatic rings. The smallest absolute Gasteiger partial charge is 0.142 e. The van der Waals surface area contributed by atoms with Crippen molar-refractivity contribution in [1.29, 1.82) is 0 Å². The highest BCUT2D eigenvalue weighted by molar-refractivity contribution is 5.21. The van der Waals surface area contributed by atoms with E-state index in [4.69, 9.17) is 9.97 Å². The van der Waals surface area contributed by atoms with Gasteiger partial charge in [0.25, 0.3) is 0 Å². The zero-order valence-corrected chi connectivity index (χ0v) is 12.0. The summed E-state index contributed by atoms with van der Waals surface area (Å²) in [4.78, 5) is 12.0. The van der Waals surface area contributed by atoms with Crippen LogP contribution in [0.3, 0.4) is 0 Å². The van der Waals surface area contributed by atoms with Gasteiger partial charge >= 0.3 is 0 Å². The Morgan fingerprint density at radius 3 is 2.63 bits per heavy atom. The van der Waals surface area contributed by atoms with Crippen LogP contribution in [0.1, 0.15) is 55.7 Å². The van der Waals surface area contributed by atoms with Gasteiger partial charge in [0.1, 0.15) is 5.82 Å². The standard InChI is InChI=1S/C15H24N4/c1-11(2)13-9-14(12-3-4-12)18-15(17-13)10-19-7-5-16-6-8-19/h9,11-12,16H,3-8,10H2,1-2H3. The first kappa shape index (κ1) is 13.0. The monoisotopic (exact) mass is 260 g/mol. The van der Waals surface area contributed by atoms with E-state index in [0.29, 0.717) is 11.8 Å². The molecule has 0 aromatic carbocycles. The lowest BCUT2D eigenvalue weighted by Crippen LogP contribution is -2.43. The molecule has 2 aliphatic rings. The van der Waals surface area contributed by atoms with Crippen molar-refractivity contribution in [2.75, 3.05) is 26.2 Å². The highest BCUT2D eigenvalue weighted by atomic mass is 15.2. The van der Waals surface area contributed by atoms with E-state index >= 15 is 0 Å². The molecule has 2 fully saturated rings. The quantitative estimate of drug-likeness (QED) is 0.897. The van der Waals surface area contributed by atoms with Crippen LogP contribution < -0.4 is 5.32 Å². The minimum absolute atomic E-state index is 0.488. The Hall–Kier alpha value is -1.00. The average molecular weight is 260 g/mol. The van der Waals surface area contributed by atoms with Crippen LogP contribution in [0, 0.1) is 0 Å². The van der Waals surface area contributed by atoms with Crippen LogP contribution in [0.25, 0.3) is 0 Å². The van der Waals surface area contributed by atoms with E-state index in [1.165, 1.54) is 24.2 Å². The number of hydrogen-bond donors (Lipinski definition) is 1. The lowest BCUT2D eigenvalue weighted by molar-refractivity contribution is 0.227. The van der Waals surface area contributed by atoms with E-state index in [1.54, 1.807) is 0 Å². The second kappa shape index (κ2) is 5.55. The van der Waals surface area contributed by atoms with E-state index in [-0.39, 0.29) is 0 Å². The molecule has 4 heteroatoms. The fourth-order valence-corrected chi connectivity index (χ4v) is 2.56.